The van der Waals surface area contributed by atoms with Crippen LogP contribution in [0.4, 0.5) is 0 Å². The number of phenolic OH excluding ortho intramolecular Hbond substituents is 1. The minimum absolute atomic E-state index is 0.0928. The molecule has 2 aromatic heterocycles. The van der Waals surface area contributed by atoms with Crippen molar-refractivity contribution in [3.8, 4) is 28.1 Å². The predicted octanol–water partition coefficient (Wildman–Crippen LogP) is 1.43. The Balaban J connectivity index is 1.36. The summed E-state index contributed by atoms with van der Waals surface area (Å²) in [6.07, 6.45) is 4.59. The molecular formula is C19H18N6O2. The summed E-state index contributed by atoms with van der Waals surface area (Å²) >= 11 is 0. The molecule has 3 aliphatic heterocycles. The SMILES string of the molecule is O=C(c1ccc(-c2ccc(-c3cn[nH]c3)cc2O)nn1)N1CC2CC(C1)N2. The van der Waals surface area contributed by atoms with E-state index in [1.165, 1.54) is 0 Å². The summed E-state index contributed by atoms with van der Waals surface area (Å²) in [6, 6.07) is 9.53. The van der Waals surface area contributed by atoms with Crippen LogP contribution in [0, 0.1) is 0 Å². The van der Waals surface area contributed by atoms with Gasteiger partial charge < -0.3 is 15.3 Å². The van der Waals surface area contributed by atoms with Crippen molar-refractivity contribution in [2.75, 3.05) is 13.1 Å². The van der Waals surface area contributed by atoms with Crippen molar-refractivity contribution >= 4 is 5.91 Å². The molecule has 3 saturated heterocycles. The molecule has 3 N–H and O–H groups in total. The van der Waals surface area contributed by atoms with Crippen molar-refractivity contribution in [2.24, 2.45) is 0 Å². The molecule has 8 nitrogen and oxygen atoms in total. The molecule has 2 atom stereocenters. The molecule has 5 heterocycles. The van der Waals surface area contributed by atoms with Gasteiger partial charge in [0.05, 0.1) is 11.9 Å². The number of rotatable bonds is 3. The first-order valence-corrected chi connectivity index (χ1v) is 8.89. The van der Waals surface area contributed by atoms with Crippen molar-refractivity contribution in [1.82, 2.24) is 30.6 Å². The van der Waals surface area contributed by atoms with Crippen molar-refractivity contribution in [1.29, 1.82) is 0 Å². The number of amides is 1. The zero-order valence-corrected chi connectivity index (χ0v) is 14.5. The van der Waals surface area contributed by atoms with Gasteiger partial charge in [-0.05, 0) is 36.2 Å². The number of H-pyrrole nitrogens is 1. The molecule has 8 heteroatoms. The van der Waals surface area contributed by atoms with Crippen LogP contribution in [0.25, 0.3) is 22.4 Å². The normalized spacial score (nSPS) is 21.0. The quantitative estimate of drug-likeness (QED) is 0.651. The highest BCUT2D eigenvalue weighted by Crippen LogP contribution is 2.32. The minimum Gasteiger partial charge on any atom is -0.507 e. The van der Waals surface area contributed by atoms with Gasteiger partial charge in [-0.25, -0.2) is 0 Å². The average molecular weight is 362 g/mol. The van der Waals surface area contributed by atoms with Crippen LogP contribution in [0.5, 0.6) is 5.75 Å². The van der Waals surface area contributed by atoms with E-state index < -0.39 is 0 Å². The average Bonchev–Trinajstić information content (AvgIpc) is 3.22. The number of piperidine rings is 1. The highest BCUT2D eigenvalue weighted by molar-refractivity contribution is 5.92. The molecule has 2 bridgehead atoms. The van der Waals surface area contributed by atoms with Gasteiger partial charge in [0.2, 0.25) is 0 Å². The van der Waals surface area contributed by atoms with Gasteiger partial charge in [-0.2, -0.15) is 5.10 Å². The fraction of sp³-hybridized carbons (Fsp3) is 0.263. The molecule has 0 saturated carbocycles. The zero-order chi connectivity index (χ0) is 18.4. The topological polar surface area (TPSA) is 107 Å². The predicted molar refractivity (Wildman–Crippen MR) is 97.9 cm³/mol. The summed E-state index contributed by atoms with van der Waals surface area (Å²) in [6.45, 7) is 1.43. The van der Waals surface area contributed by atoms with Crippen molar-refractivity contribution in [2.45, 2.75) is 18.5 Å². The second-order valence-corrected chi connectivity index (χ2v) is 7.03. The van der Waals surface area contributed by atoms with E-state index in [1.54, 1.807) is 36.7 Å². The lowest BCUT2D eigenvalue weighted by Crippen LogP contribution is -2.67. The molecule has 136 valence electrons. The van der Waals surface area contributed by atoms with Crippen LogP contribution in [0.1, 0.15) is 16.9 Å². The second-order valence-electron chi connectivity index (χ2n) is 7.03. The van der Waals surface area contributed by atoms with Crippen LogP contribution in [0.15, 0.2) is 42.7 Å². The van der Waals surface area contributed by atoms with E-state index >= 15 is 0 Å². The monoisotopic (exact) mass is 362 g/mol. The number of hydrogen-bond acceptors (Lipinski definition) is 6. The molecular weight excluding hydrogens is 344 g/mol. The summed E-state index contributed by atoms with van der Waals surface area (Å²) in [5.74, 6) is 0.00838. The fourth-order valence-corrected chi connectivity index (χ4v) is 3.77. The molecule has 27 heavy (non-hydrogen) atoms. The number of aromatic nitrogens is 4. The molecule has 1 amide bonds. The Hall–Kier alpha value is -3.26. The van der Waals surface area contributed by atoms with Crippen LogP contribution in [-0.4, -0.2) is 61.5 Å². The Morgan fingerprint density at radius 1 is 1.11 bits per heavy atom. The van der Waals surface area contributed by atoms with Crippen LogP contribution in [0.3, 0.4) is 0 Å². The lowest BCUT2D eigenvalue weighted by Gasteiger charge is -2.48. The highest BCUT2D eigenvalue weighted by atomic mass is 16.3. The summed E-state index contributed by atoms with van der Waals surface area (Å²) in [4.78, 5) is 14.4. The number of carbonyl (C=O) groups is 1. The van der Waals surface area contributed by atoms with Gasteiger partial charge >= 0.3 is 0 Å². The molecule has 1 aromatic carbocycles. The van der Waals surface area contributed by atoms with Gasteiger partial charge in [0.1, 0.15) is 5.75 Å². The Morgan fingerprint density at radius 2 is 1.93 bits per heavy atom. The van der Waals surface area contributed by atoms with Crippen LogP contribution >= 0.6 is 0 Å². The van der Waals surface area contributed by atoms with Gasteiger partial charge in [-0.1, -0.05) is 6.07 Å². The van der Waals surface area contributed by atoms with E-state index in [0.717, 1.165) is 30.6 Å². The van der Waals surface area contributed by atoms with E-state index in [4.69, 9.17) is 0 Å². The number of carbonyl (C=O) groups excluding carboxylic acids is 1. The smallest absolute Gasteiger partial charge is 0.274 e. The number of nitrogens with zero attached hydrogens (tertiary/aromatic N) is 4. The summed E-state index contributed by atoms with van der Waals surface area (Å²) < 4.78 is 0. The maximum atomic E-state index is 12.6. The maximum Gasteiger partial charge on any atom is 0.274 e. The van der Waals surface area contributed by atoms with E-state index in [0.29, 0.717) is 29.0 Å². The summed E-state index contributed by atoms with van der Waals surface area (Å²) in [5, 5.41) is 28.7. The third kappa shape index (κ3) is 2.83. The van der Waals surface area contributed by atoms with Crippen LogP contribution in [0.2, 0.25) is 0 Å². The number of aromatic amines is 1. The Labute approximate surface area is 155 Å². The lowest BCUT2D eigenvalue weighted by atomic mass is 9.91. The highest BCUT2D eigenvalue weighted by Gasteiger charge is 2.38. The Kier molecular flexibility index (Phi) is 3.64. The van der Waals surface area contributed by atoms with Gasteiger partial charge in [0.25, 0.3) is 5.91 Å². The van der Waals surface area contributed by atoms with Crippen LogP contribution < -0.4 is 5.32 Å². The molecule has 3 fully saturated rings. The summed E-state index contributed by atoms with van der Waals surface area (Å²) in [7, 11) is 0. The fourth-order valence-electron chi connectivity index (χ4n) is 3.77. The number of piperazine rings is 1. The molecule has 0 radical (unpaired) electrons. The lowest BCUT2D eigenvalue weighted by molar-refractivity contribution is 0.0467. The van der Waals surface area contributed by atoms with E-state index in [9.17, 15) is 9.90 Å². The van der Waals surface area contributed by atoms with Gasteiger partial charge in [-0.3, -0.25) is 9.89 Å². The third-order valence-electron chi connectivity index (χ3n) is 5.20. The number of nitrogens with one attached hydrogen (secondary N) is 2. The summed E-state index contributed by atoms with van der Waals surface area (Å²) in [5.41, 5.74) is 3.15. The van der Waals surface area contributed by atoms with Crippen molar-refractivity contribution in [3.63, 3.8) is 0 Å². The van der Waals surface area contributed by atoms with Gasteiger partial charge in [0.15, 0.2) is 5.69 Å². The number of fused-ring (bicyclic) bond motifs is 2. The van der Waals surface area contributed by atoms with Gasteiger partial charge in [-0.15, -0.1) is 10.2 Å². The molecule has 0 aliphatic carbocycles. The number of phenols is 1. The Bertz CT molecular complexity index is 970. The standard InChI is InChI=1S/C19H18N6O2/c26-18-5-11(12-7-20-21-8-12)1-2-15(18)16-3-4-17(24-23-16)19(27)25-9-13-6-14(10-25)22-13/h1-5,7-8,13-14,22,26H,6,9-10H2,(H,20,21). The molecule has 3 aromatic rings. The van der Waals surface area contributed by atoms with Crippen molar-refractivity contribution < 1.29 is 9.90 Å². The van der Waals surface area contributed by atoms with Gasteiger partial charge in [0, 0.05) is 42.5 Å². The van der Waals surface area contributed by atoms with Crippen LogP contribution in [-0.2, 0) is 0 Å². The van der Waals surface area contributed by atoms with E-state index in [1.807, 2.05) is 11.0 Å². The van der Waals surface area contributed by atoms with E-state index in [2.05, 4.69) is 25.7 Å². The third-order valence-corrected chi connectivity index (χ3v) is 5.20. The number of aromatic hydroxyl groups is 1. The second kappa shape index (κ2) is 6.17. The van der Waals surface area contributed by atoms with Crippen molar-refractivity contribution in [3.05, 3.63) is 48.4 Å². The first kappa shape index (κ1) is 16.0. The first-order chi connectivity index (χ1) is 13.2. The minimum atomic E-state index is -0.0928. The molecule has 0 spiro atoms. The number of hydrogen-bond donors (Lipinski definition) is 3. The molecule has 3 aliphatic rings. The molecule has 2 unspecified atom stereocenters. The maximum absolute atomic E-state index is 12.6. The molecule has 6 rings (SSSR count). The first-order valence-electron chi connectivity index (χ1n) is 8.89. The Morgan fingerprint density at radius 3 is 2.56 bits per heavy atom. The van der Waals surface area contributed by atoms with E-state index in [-0.39, 0.29) is 11.7 Å². The zero-order valence-electron chi connectivity index (χ0n) is 14.5. The largest absolute Gasteiger partial charge is 0.507 e. The number of benzene rings is 1.